The number of allylic oxidation sites excluding steroid dienone is 2. The first-order valence-electron chi connectivity index (χ1n) is 19.1. The Morgan fingerprint density at radius 3 is 1.18 bits per heavy atom. The molecule has 0 aliphatic heterocycles. The molecule has 0 radical (unpaired) electrons. The van der Waals surface area contributed by atoms with E-state index in [0.29, 0.717) is 0 Å². The maximum atomic E-state index is 2.70. The molecule has 4 aliphatic rings. The SMILES string of the molecule is CC1=C([Si](C)(C)C2=C(C)Cc3cc4c(c(-c5ccc(C(C)(C)C)cc5)c32)CCC4)c2c(cc3c(c2-c2ccc(C(C)(C)C)cc2)CCC3)C1. The zero-order valence-corrected chi connectivity index (χ0v) is 32.9. The molecule has 8 rings (SSSR count). The van der Waals surface area contributed by atoms with E-state index in [0.717, 1.165) is 12.8 Å². The molecule has 0 amide bonds. The molecule has 49 heavy (non-hydrogen) atoms. The Balaban J connectivity index is 1.32. The minimum atomic E-state index is -2.18. The largest absolute Gasteiger partial charge is 0.113 e. The summed E-state index contributed by atoms with van der Waals surface area (Å²) >= 11 is 0. The summed E-state index contributed by atoms with van der Waals surface area (Å²) in [6, 6.07) is 24.7. The highest BCUT2D eigenvalue weighted by Crippen LogP contribution is 2.55. The number of hydrogen-bond donors (Lipinski definition) is 0. The Labute approximate surface area is 297 Å². The molecule has 4 aromatic carbocycles. The molecule has 0 saturated carbocycles. The van der Waals surface area contributed by atoms with Crippen molar-refractivity contribution in [3.63, 3.8) is 0 Å². The van der Waals surface area contributed by atoms with Crippen LogP contribution in [0.25, 0.3) is 32.6 Å². The minimum absolute atomic E-state index is 0.153. The summed E-state index contributed by atoms with van der Waals surface area (Å²) < 4.78 is 0. The van der Waals surface area contributed by atoms with Crippen molar-refractivity contribution in [2.45, 2.75) is 131 Å². The molecule has 0 aromatic heterocycles. The van der Waals surface area contributed by atoms with Gasteiger partial charge in [0.15, 0.2) is 0 Å². The van der Waals surface area contributed by atoms with E-state index in [-0.39, 0.29) is 10.8 Å². The third kappa shape index (κ3) is 5.21. The Morgan fingerprint density at radius 1 is 0.469 bits per heavy atom. The van der Waals surface area contributed by atoms with Crippen LogP contribution in [0.2, 0.25) is 13.1 Å². The van der Waals surface area contributed by atoms with E-state index in [2.05, 4.69) is 129 Å². The molecule has 0 N–H and O–H groups in total. The summed E-state index contributed by atoms with van der Waals surface area (Å²) in [4.78, 5) is 0. The topological polar surface area (TPSA) is 0 Å². The molecule has 0 unspecified atom stereocenters. The predicted octanol–water partition coefficient (Wildman–Crippen LogP) is 12.7. The van der Waals surface area contributed by atoms with Crippen LogP contribution >= 0.6 is 0 Å². The summed E-state index contributed by atoms with van der Waals surface area (Å²) in [6.07, 6.45) is 9.64. The fourth-order valence-corrected chi connectivity index (χ4v) is 14.7. The molecule has 0 bridgehead atoms. The van der Waals surface area contributed by atoms with Crippen LogP contribution in [0.15, 0.2) is 71.8 Å². The zero-order valence-electron chi connectivity index (χ0n) is 31.9. The van der Waals surface area contributed by atoms with Crippen molar-refractivity contribution in [3.05, 3.63) is 127 Å². The Morgan fingerprint density at radius 2 is 0.837 bits per heavy atom. The van der Waals surface area contributed by atoms with E-state index in [4.69, 9.17) is 0 Å². The Hall–Kier alpha value is -3.42. The smallest absolute Gasteiger partial charge is 0.0686 e. The third-order valence-corrected chi connectivity index (χ3v) is 16.4. The lowest BCUT2D eigenvalue weighted by Crippen LogP contribution is -2.32. The number of benzene rings is 4. The molecule has 0 nitrogen and oxygen atoms in total. The second-order valence-electron chi connectivity index (χ2n) is 18.5. The summed E-state index contributed by atoms with van der Waals surface area (Å²) in [5, 5.41) is 3.45. The van der Waals surface area contributed by atoms with Gasteiger partial charge < -0.3 is 0 Å². The predicted molar refractivity (Wildman–Crippen MR) is 215 cm³/mol. The summed E-state index contributed by atoms with van der Waals surface area (Å²) in [5.74, 6) is 0. The molecule has 0 heterocycles. The van der Waals surface area contributed by atoms with Crippen molar-refractivity contribution in [1.29, 1.82) is 0 Å². The summed E-state index contributed by atoms with van der Waals surface area (Å²) in [7, 11) is -2.18. The summed E-state index contributed by atoms with van der Waals surface area (Å²) in [6.45, 7) is 24.3. The van der Waals surface area contributed by atoms with Crippen LogP contribution in [0, 0.1) is 0 Å². The van der Waals surface area contributed by atoms with E-state index < -0.39 is 8.07 Å². The van der Waals surface area contributed by atoms with Crippen LogP contribution in [0.3, 0.4) is 0 Å². The third-order valence-electron chi connectivity index (χ3n) is 12.6. The van der Waals surface area contributed by atoms with E-state index >= 15 is 0 Å². The maximum Gasteiger partial charge on any atom is 0.113 e. The van der Waals surface area contributed by atoms with Crippen LogP contribution < -0.4 is 0 Å². The van der Waals surface area contributed by atoms with Crippen LogP contribution in [0.5, 0.6) is 0 Å². The number of aryl methyl sites for hydroxylation is 2. The zero-order chi connectivity index (χ0) is 34.6. The Bertz CT molecular complexity index is 1930. The van der Waals surface area contributed by atoms with Gasteiger partial charge in [0.05, 0.1) is 0 Å². The summed E-state index contributed by atoms with van der Waals surface area (Å²) in [5.41, 5.74) is 25.3. The highest BCUT2D eigenvalue weighted by Gasteiger charge is 2.44. The average molecular weight is 661 g/mol. The number of rotatable bonds is 4. The van der Waals surface area contributed by atoms with Crippen molar-refractivity contribution >= 4 is 18.5 Å². The number of fused-ring (bicyclic) bond motifs is 4. The standard InChI is InChI=1S/C48H56Si/c1-29-25-35-27-33-13-11-15-39(33)41(31-17-21-37(22-18-31)47(3,4)5)43(35)45(29)49(9,10)46-30(2)26-36-28-34-14-12-16-40(34)42(44(36)46)32-19-23-38(24-20-32)48(6,7)8/h17-24,27-28H,11-16,25-26H2,1-10H3. The average Bonchev–Trinajstić information content (AvgIpc) is 3.82. The highest BCUT2D eigenvalue weighted by atomic mass is 28.3. The first-order valence-corrected chi connectivity index (χ1v) is 22.1. The van der Waals surface area contributed by atoms with Crippen molar-refractivity contribution in [1.82, 2.24) is 0 Å². The van der Waals surface area contributed by atoms with Crippen LogP contribution in [-0.4, -0.2) is 8.07 Å². The van der Waals surface area contributed by atoms with Crippen molar-refractivity contribution < 1.29 is 0 Å². The van der Waals surface area contributed by atoms with Gasteiger partial charge >= 0.3 is 0 Å². The van der Waals surface area contributed by atoms with E-state index in [1.807, 2.05) is 0 Å². The van der Waals surface area contributed by atoms with Crippen LogP contribution in [0.4, 0.5) is 0 Å². The molecule has 0 saturated heterocycles. The second-order valence-corrected chi connectivity index (χ2v) is 22.7. The lowest BCUT2D eigenvalue weighted by atomic mass is 9.84. The van der Waals surface area contributed by atoms with E-state index in [9.17, 15) is 0 Å². The Kier molecular flexibility index (Phi) is 7.55. The lowest BCUT2D eigenvalue weighted by Gasteiger charge is -2.33. The van der Waals surface area contributed by atoms with Gasteiger partial charge in [-0.05, 0) is 164 Å². The van der Waals surface area contributed by atoms with Gasteiger partial charge in [0.1, 0.15) is 8.07 Å². The fourth-order valence-electron chi connectivity index (χ4n) is 10.4. The molecule has 0 atom stereocenters. The number of hydrogen-bond acceptors (Lipinski definition) is 0. The quantitative estimate of drug-likeness (QED) is 0.191. The minimum Gasteiger partial charge on any atom is -0.0686 e. The molecular weight excluding hydrogens is 605 g/mol. The first kappa shape index (κ1) is 32.8. The molecular formula is C48H56Si. The van der Waals surface area contributed by atoms with Gasteiger partial charge in [0.25, 0.3) is 0 Å². The molecule has 0 fully saturated rings. The molecule has 252 valence electrons. The fraction of sp³-hybridized carbons (Fsp3) is 0.417. The molecule has 0 spiro atoms. The van der Waals surface area contributed by atoms with Gasteiger partial charge in [-0.3, -0.25) is 0 Å². The monoisotopic (exact) mass is 660 g/mol. The highest BCUT2D eigenvalue weighted by molar-refractivity contribution is 7.09. The second kappa shape index (κ2) is 11.3. The molecule has 1 heteroatoms. The molecule has 4 aliphatic carbocycles. The van der Waals surface area contributed by atoms with Crippen molar-refractivity contribution in [2.75, 3.05) is 0 Å². The van der Waals surface area contributed by atoms with E-state index in [1.54, 1.807) is 77.2 Å². The van der Waals surface area contributed by atoms with Crippen molar-refractivity contribution in [2.24, 2.45) is 0 Å². The normalized spacial score (nSPS) is 17.2. The van der Waals surface area contributed by atoms with Crippen molar-refractivity contribution in [3.8, 4) is 22.3 Å². The lowest BCUT2D eigenvalue weighted by molar-refractivity contribution is 0.590. The van der Waals surface area contributed by atoms with Gasteiger partial charge in [-0.15, -0.1) is 0 Å². The first-order chi connectivity index (χ1) is 23.1. The van der Waals surface area contributed by atoms with Gasteiger partial charge in [-0.2, -0.15) is 0 Å². The van der Waals surface area contributed by atoms with Gasteiger partial charge in [-0.1, -0.05) is 126 Å². The van der Waals surface area contributed by atoms with Gasteiger partial charge in [0.2, 0.25) is 0 Å². The van der Waals surface area contributed by atoms with Gasteiger partial charge in [0, 0.05) is 0 Å². The molecule has 4 aromatic rings. The van der Waals surface area contributed by atoms with Crippen LogP contribution in [0.1, 0.15) is 124 Å². The van der Waals surface area contributed by atoms with Gasteiger partial charge in [-0.25, -0.2) is 0 Å². The van der Waals surface area contributed by atoms with Crippen LogP contribution in [-0.2, 0) is 49.4 Å². The van der Waals surface area contributed by atoms with E-state index in [1.165, 1.54) is 60.8 Å². The maximum absolute atomic E-state index is 2.70.